The van der Waals surface area contributed by atoms with E-state index in [-0.39, 0.29) is 0 Å². The van der Waals surface area contributed by atoms with E-state index in [1.807, 2.05) is 25.1 Å². The fourth-order valence-corrected chi connectivity index (χ4v) is 3.72. The third-order valence-corrected chi connectivity index (χ3v) is 5.68. The summed E-state index contributed by atoms with van der Waals surface area (Å²) in [5.41, 5.74) is 3.70. The Morgan fingerprint density at radius 2 is 1.26 bits per heavy atom. The van der Waals surface area contributed by atoms with E-state index in [2.05, 4.69) is 9.97 Å². The Morgan fingerprint density at radius 1 is 0.706 bits per heavy atom. The normalized spacial score (nSPS) is 12.2. The van der Waals surface area contributed by atoms with Gasteiger partial charge in [0.05, 0.1) is 23.0 Å². The Hall–Kier alpha value is -3.55. The van der Waals surface area contributed by atoms with Crippen molar-refractivity contribution in [2.45, 2.75) is 32.1 Å². The molecule has 1 N–H and O–H groups in total. The van der Waals surface area contributed by atoms with E-state index in [1.165, 1.54) is 24.3 Å². The average Bonchev–Trinajstić information content (AvgIpc) is 3.28. The fraction of sp³-hybridized carbons (Fsp3) is 0.192. The molecule has 8 heteroatoms. The van der Waals surface area contributed by atoms with Crippen LogP contribution in [0.5, 0.6) is 0 Å². The van der Waals surface area contributed by atoms with Crippen LogP contribution >= 0.6 is 0 Å². The lowest BCUT2D eigenvalue weighted by atomic mass is 9.97. The summed E-state index contributed by atoms with van der Waals surface area (Å²) in [4.78, 5) is 7.43. The smallest absolute Gasteiger partial charge is 0.338 e. The quantitative estimate of drug-likeness (QED) is 0.293. The molecule has 4 aromatic rings. The SMILES string of the molecule is Cc1cc(-c2cnc(-c3ccc(C(F)(F)F)cc3)[nH]2)ccc1CCc1ccc(C(F)(F)F)cc1. The van der Waals surface area contributed by atoms with Crippen LogP contribution in [0.15, 0.2) is 72.9 Å². The minimum Gasteiger partial charge on any atom is -0.338 e. The van der Waals surface area contributed by atoms with Gasteiger partial charge in [-0.3, -0.25) is 0 Å². The number of benzene rings is 3. The molecule has 3 aromatic carbocycles. The monoisotopic (exact) mass is 474 g/mol. The van der Waals surface area contributed by atoms with Gasteiger partial charge >= 0.3 is 12.4 Å². The number of aryl methyl sites for hydroxylation is 3. The lowest BCUT2D eigenvalue weighted by Crippen LogP contribution is -2.04. The number of alkyl halides is 6. The number of hydrogen-bond donors (Lipinski definition) is 1. The van der Waals surface area contributed by atoms with E-state index in [1.54, 1.807) is 6.20 Å². The van der Waals surface area contributed by atoms with Crippen LogP contribution in [0.25, 0.3) is 22.6 Å². The number of halogens is 6. The van der Waals surface area contributed by atoms with Crippen molar-refractivity contribution in [2.24, 2.45) is 0 Å². The maximum atomic E-state index is 12.8. The van der Waals surface area contributed by atoms with E-state index in [9.17, 15) is 26.3 Å². The molecule has 2 nitrogen and oxygen atoms in total. The first-order valence-electron chi connectivity index (χ1n) is 10.5. The average molecular weight is 474 g/mol. The highest BCUT2D eigenvalue weighted by molar-refractivity contribution is 5.65. The first-order chi connectivity index (χ1) is 16.0. The van der Waals surface area contributed by atoms with Crippen LogP contribution in [-0.2, 0) is 25.2 Å². The van der Waals surface area contributed by atoms with Crippen molar-refractivity contribution in [3.8, 4) is 22.6 Å². The van der Waals surface area contributed by atoms with Crippen LogP contribution in [0.3, 0.4) is 0 Å². The van der Waals surface area contributed by atoms with Gasteiger partial charge in [0.1, 0.15) is 5.82 Å². The highest BCUT2D eigenvalue weighted by Gasteiger charge is 2.30. The number of H-pyrrole nitrogens is 1. The first kappa shape index (κ1) is 23.6. The molecule has 0 saturated carbocycles. The Bertz CT molecular complexity index is 1270. The van der Waals surface area contributed by atoms with Crippen LogP contribution in [0, 0.1) is 6.92 Å². The number of aromatic amines is 1. The minimum atomic E-state index is -4.39. The van der Waals surface area contributed by atoms with E-state index < -0.39 is 23.5 Å². The largest absolute Gasteiger partial charge is 0.416 e. The molecule has 0 amide bonds. The third kappa shape index (κ3) is 5.32. The zero-order chi connectivity index (χ0) is 24.5. The topological polar surface area (TPSA) is 28.7 Å². The molecule has 34 heavy (non-hydrogen) atoms. The summed E-state index contributed by atoms with van der Waals surface area (Å²) >= 11 is 0. The fourth-order valence-electron chi connectivity index (χ4n) is 3.72. The van der Waals surface area contributed by atoms with Crippen molar-refractivity contribution in [1.29, 1.82) is 0 Å². The molecule has 1 heterocycles. The molecule has 4 rings (SSSR count). The predicted octanol–water partition coefficient (Wildman–Crippen LogP) is 7.87. The van der Waals surface area contributed by atoms with Gasteiger partial charge in [0.15, 0.2) is 0 Å². The van der Waals surface area contributed by atoms with Gasteiger partial charge < -0.3 is 4.98 Å². The molecule has 0 fully saturated rings. The lowest BCUT2D eigenvalue weighted by Gasteiger charge is -2.10. The van der Waals surface area contributed by atoms with Gasteiger partial charge in [-0.15, -0.1) is 0 Å². The number of rotatable bonds is 5. The summed E-state index contributed by atoms with van der Waals surface area (Å²) in [6, 6.07) is 15.8. The van der Waals surface area contributed by atoms with Crippen molar-refractivity contribution in [1.82, 2.24) is 9.97 Å². The summed E-state index contributed by atoms with van der Waals surface area (Å²) in [6.07, 6.45) is -5.82. The molecule has 0 aliphatic rings. The molecule has 0 radical (unpaired) electrons. The van der Waals surface area contributed by atoms with Crippen molar-refractivity contribution in [3.05, 3.63) is 101 Å². The molecule has 0 saturated heterocycles. The maximum Gasteiger partial charge on any atom is 0.416 e. The summed E-state index contributed by atoms with van der Waals surface area (Å²) in [6.45, 7) is 1.96. The molecule has 1 aromatic heterocycles. The molecule has 176 valence electrons. The Kier molecular flexibility index (Phi) is 6.25. The zero-order valence-corrected chi connectivity index (χ0v) is 18.1. The minimum absolute atomic E-state index is 0.466. The molecule has 0 atom stereocenters. The number of imidazole rings is 1. The first-order valence-corrected chi connectivity index (χ1v) is 10.5. The molecule has 0 unspecified atom stereocenters. The molecule has 0 bridgehead atoms. The van der Waals surface area contributed by atoms with Crippen LogP contribution in [0.4, 0.5) is 26.3 Å². The van der Waals surface area contributed by atoms with Gasteiger partial charge in [-0.2, -0.15) is 26.3 Å². The third-order valence-electron chi connectivity index (χ3n) is 5.68. The van der Waals surface area contributed by atoms with Crippen molar-refractivity contribution >= 4 is 0 Å². The highest BCUT2D eigenvalue weighted by atomic mass is 19.4. The van der Waals surface area contributed by atoms with Gasteiger partial charge in [0.2, 0.25) is 0 Å². The predicted molar refractivity (Wildman–Crippen MR) is 118 cm³/mol. The second kappa shape index (κ2) is 9.00. The summed E-state index contributed by atoms with van der Waals surface area (Å²) in [7, 11) is 0. The number of nitrogens with one attached hydrogen (secondary N) is 1. The van der Waals surface area contributed by atoms with Crippen LogP contribution in [-0.4, -0.2) is 9.97 Å². The number of hydrogen-bond acceptors (Lipinski definition) is 1. The van der Waals surface area contributed by atoms with Gasteiger partial charge in [0, 0.05) is 5.56 Å². The molecule has 0 spiro atoms. The second-order valence-electron chi connectivity index (χ2n) is 8.06. The van der Waals surface area contributed by atoms with Crippen LogP contribution in [0.1, 0.15) is 27.8 Å². The van der Waals surface area contributed by atoms with Crippen molar-refractivity contribution in [2.75, 3.05) is 0 Å². The molecular formula is C26H20F6N2. The van der Waals surface area contributed by atoms with Crippen molar-refractivity contribution < 1.29 is 26.3 Å². The van der Waals surface area contributed by atoms with E-state index >= 15 is 0 Å². The van der Waals surface area contributed by atoms with Gasteiger partial charge in [-0.1, -0.05) is 36.4 Å². The maximum absolute atomic E-state index is 12.8. The van der Waals surface area contributed by atoms with E-state index in [4.69, 9.17) is 0 Å². The van der Waals surface area contributed by atoms with Crippen LogP contribution < -0.4 is 0 Å². The van der Waals surface area contributed by atoms with Gasteiger partial charge in [-0.25, -0.2) is 4.98 Å². The van der Waals surface area contributed by atoms with Gasteiger partial charge in [-0.05, 0) is 72.4 Å². The second-order valence-corrected chi connectivity index (χ2v) is 8.06. The zero-order valence-electron chi connectivity index (χ0n) is 18.1. The molecular weight excluding hydrogens is 454 g/mol. The number of nitrogens with zero attached hydrogens (tertiary/aromatic N) is 1. The standard InChI is InChI=1S/C26H20F6N2/c1-16-14-20(7-6-18(16)5-2-17-3-10-21(11-4-17)25(27,28)29)23-15-33-24(34-23)19-8-12-22(13-9-19)26(30,31)32/h3-4,6-15H,2,5H2,1H3,(H,33,34). The Balaban J connectivity index is 1.45. The van der Waals surface area contributed by atoms with Crippen LogP contribution in [0.2, 0.25) is 0 Å². The van der Waals surface area contributed by atoms with E-state index in [0.717, 1.165) is 52.2 Å². The molecule has 0 aliphatic carbocycles. The summed E-state index contributed by atoms with van der Waals surface area (Å²) < 4.78 is 76.4. The van der Waals surface area contributed by atoms with E-state index in [0.29, 0.717) is 24.2 Å². The summed E-state index contributed by atoms with van der Waals surface area (Å²) in [5.74, 6) is 0.466. The number of aromatic nitrogens is 2. The highest BCUT2D eigenvalue weighted by Crippen LogP contribution is 2.32. The van der Waals surface area contributed by atoms with Crippen molar-refractivity contribution in [3.63, 3.8) is 0 Å². The van der Waals surface area contributed by atoms with Gasteiger partial charge in [0.25, 0.3) is 0 Å². The Labute approximate surface area is 192 Å². The molecule has 0 aliphatic heterocycles. The Morgan fingerprint density at radius 3 is 1.82 bits per heavy atom. The summed E-state index contributed by atoms with van der Waals surface area (Å²) in [5, 5.41) is 0. The lowest BCUT2D eigenvalue weighted by molar-refractivity contribution is -0.138.